The van der Waals surface area contributed by atoms with Gasteiger partial charge in [0, 0.05) is 14.3 Å². The zero-order valence-corrected chi connectivity index (χ0v) is 6.89. The minimum Gasteiger partial charge on any atom is -0.374 e. The zero-order chi connectivity index (χ0) is 7.40. The van der Waals surface area contributed by atoms with E-state index < -0.39 is 8.15 Å². The molecule has 10 heavy (non-hydrogen) atoms. The summed E-state index contributed by atoms with van der Waals surface area (Å²) in [4.78, 5) is 9.16. The monoisotopic (exact) mass is 160 g/mol. The Kier molecular flexibility index (Phi) is 3.33. The lowest BCUT2D eigenvalue weighted by atomic mass is 10.3. The standard InChI is InChI=1S/C7H13O2P/c1-2-4-9-7-3-5-10(8)6-7/h2,7-8H,1,3-6H2. The van der Waals surface area contributed by atoms with Gasteiger partial charge in [0.15, 0.2) is 0 Å². The highest BCUT2D eigenvalue weighted by Gasteiger charge is 2.22. The fraction of sp³-hybridized carbons (Fsp3) is 0.714. The first-order chi connectivity index (χ1) is 4.83. The molecule has 2 unspecified atom stereocenters. The van der Waals surface area contributed by atoms with Crippen LogP contribution in [0.4, 0.5) is 0 Å². The van der Waals surface area contributed by atoms with Crippen molar-refractivity contribution in [3.8, 4) is 0 Å². The molecular weight excluding hydrogens is 147 g/mol. The first-order valence-electron chi connectivity index (χ1n) is 3.49. The van der Waals surface area contributed by atoms with Gasteiger partial charge in [-0.3, -0.25) is 0 Å². The molecule has 0 spiro atoms. The number of hydrogen-bond acceptors (Lipinski definition) is 2. The molecule has 1 N–H and O–H groups in total. The third-order valence-corrected chi connectivity index (χ3v) is 3.18. The highest BCUT2D eigenvalue weighted by Crippen LogP contribution is 2.39. The lowest BCUT2D eigenvalue weighted by Crippen LogP contribution is -2.10. The van der Waals surface area contributed by atoms with Gasteiger partial charge in [-0.15, -0.1) is 6.58 Å². The Hall–Kier alpha value is 0.0900. The molecule has 0 aromatic carbocycles. The van der Waals surface area contributed by atoms with Crippen LogP contribution in [0.3, 0.4) is 0 Å². The van der Waals surface area contributed by atoms with Crippen LogP contribution in [-0.4, -0.2) is 29.9 Å². The maximum absolute atomic E-state index is 9.16. The molecule has 0 amide bonds. The van der Waals surface area contributed by atoms with Crippen LogP contribution in [0.15, 0.2) is 12.7 Å². The van der Waals surface area contributed by atoms with Crippen LogP contribution in [0.2, 0.25) is 0 Å². The van der Waals surface area contributed by atoms with Gasteiger partial charge < -0.3 is 9.63 Å². The van der Waals surface area contributed by atoms with Crippen molar-refractivity contribution in [2.45, 2.75) is 12.5 Å². The fourth-order valence-electron chi connectivity index (χ4n) is 1.05. The van der Waals surface area contributed by atoms with Gasteiger partial charge in [0.05, 0.1) is 12.7 Å². The second-order valence-corrected chi connectivity index (χ2v) is 4.27. The van der Waals surface area contributed by atoms with Crippen molar-refractivity contribution in [3.63, 3.8) is 0 Å². The topological polar surface area (TPSA) is 29.5 Å². The van der Waals surface area contributed by atoms with Crippen LogP contribution in [0, 0.1) is 0 Å². The van der Waals surface area contributed by atoms with Gasteiger partial charge in [0.2, 0.25) is 0 Å². The first-order valence-corrected chi connectivity index (χ1v) is 5.15. The summed E-state index contributed by atoms with van der Waals surface area (Å²) in [5.41, 5.74) is 0. The van der Waals surface area contributed by atoms with E-state index >= 15 is 0 Å². The Morgan fingerprint density at radius 2 is 2.60 bits per heavy atom. The van der Waals surface area contributed by atoms with Crippen LogP contribution in [0.25, 0.3) is 0 Å². The molecule has 1 heterocycles. The second-order valence-electron chi connectivity index (χ2n) is 2.45. The van der Waals surface area contributed by atoms with E-state index in [2.05, 4.69) is 6.58 Å². The third kappa shape index (κ3) is 2.37. The molecule has 1 fully saturated rings. The van der Waals surface area contributed by atoms with E-state index in [0.717, 1.165) is 18.7 Å². The Balaban J connectivity index is 2.12. The van der Waals surface area contributed by atoms with E-state index in [1.165, 1.54) is 0 Å². The third-order valence-electron chi connectivity index (χ3n) is 1.57. The molecule has 0 aliphatic carbocycles. The Bertz CT molecular complexity index is 116. The van der Waals surface area contributed by atoms with E-state index in [1.54, 1.807) is 6.08 Å². The van der Waals surface area contributed by atoms with Crippen molar-refractivity contribution in [3.05, 3.63) is 12.7 Å². The summed E-state index contributed by atoms with van der Waals surface area (Å²) in [6.45, 7) is 4.18. The van der Waals surface area contributed by atoms with E-state index in [1.807, 2.05) is 0 Å². The van der Waals surface area contributed by atoms with Gasteiger partial charge in [-0.2, -0.15) is 0 Å². The van der Waals surface area contributed by atoms with Gasteiger partial charge in [-0.25, -0.2) is 0 Å². The van der Waals surface area contributed by atoms with Gasteiger partial charge >= 0.3 is 0 Å². The van der Waals surface area contributed by atoms with E-state index in [9.17, 15) is 0 Å². The summed E-state index contributed by atoms with van der Waals surface area (Å²) >= 11 is 0. The lowest BCUT2D eigenvalue weighted by Gasteiger charge is -2.07. The van der Waals surface area contributed by atoms with Crippen LogP contribution >= 0.6 is 8.15 Å². The first kappa shape index (κ1) is 8.19. The van der Waals surface area contributed by atoms with Crippen LogP contribution in [0.1, 0.15) is 6.42 Å². The maximum Gasteiger partial charge on any atom is 0.0648 e. The molecule has 0 saturated carbocycles. The van der Waals surface area contributed by atoms with Crippen molar-refractivity contribution < 1.29 is 9.63 Å². The van der Waals surface area contributed by atoms with Crippen LogP contribution in [0.5, 0.6) is 0 Å². The molecule has 0 radical (unpaired) electrons. The SMILES string of the molecule is C=CCOC1CCP(O)C1. The molecule has 0 aromatic rings. The van der Waals surface area contributed by atoms with Crippen molar-refractivity contribution in [2.24, 2.45) is 0 Å². The highest BCUT2D eigenvalue weighted by atomic mass is 31.1. The Morgan fingerprint density at radius 3 is 3.10 bits per heavy atom. The minimum atomic E-state index is -0.680. The lowest BCUT2D eigenvalue weighted by molar-refractivity contribution is 0.0938. The minimum absolute atomic E-state index is 0.300. The predicted molar refractivity (Wildman–Crippen MR) is 43.4 cm³/mol. The molecule has 1 aliphatic rings. The molecule has 0 aromatic heterocycles. The van der Waals surface area contributed by atoms with Gasteiger partial charge in [-0.05, 0) is 12.6 Å². The summed E-state index contributed by atoms with van der Waals surface area (Å²) in [6.07, 6.45) is 4.89. The van der Waals surface area contributed by atoms with Gasteiger partial charge in [0.25, 0.3) is 0 Å². The molecule has 2 nitrogen and oxygen atoms in total. The van der Waals surface area contributed by atoms with Crippen molar-refractivity contribution in [2.75, 3.05) is 18.9 Å². The van der Waals surface area contributed by atoms with E-state index in [-0.39, 0.29) is 0 Å². The van der Waals surface area contributed by atoms with E-state index in [4.69, 9.17) is 9.63 Å². The Labute approximate surface area is 62.7 Å². The number of hydrogen-bond donors (Lipinski definition) is 1. The maximum atomic E-state index is 9.16. The summed E-state index contributed by atoms with van der Waals surface area (Å²) in [6, 6.07) is 0. The molecule has 1 rings (SSSR count). The normalized spacial score (nSPS) is 32.5. The van der Waals surface area contributed by atoms with E-state index in [0.29, 0.717) is 12.7 Å². The van der Waals surface area contributed by atoms with Crippen molar-refractivity contribution >= 4 is 8.15 Å². The number of rotatable bonds is 3. The van der Waals surface area contributed by atoms with Crippen LogP contribution in [-0.2, 0) is 4.74 Å². The zero-order valence-electron chi connectivity index (χ0n) is 5.99. The predicted octanol–water partition coefficient (Wildman–Crippen LogP) is 1.35. The molecule has 2 atom stereocenters. The van der Waals surface area contributed by atoms with Gasteiger partial charge in [-0.1, -0.05) is 6.08 Å². The molecule has 3 heteroatoms. The quantitative estimate of drug-likeness (QED) is 0.498. The largest absolute Gasteiger partial charge is 0.374 e. The highest BCUT2D eigenvalue weighted by molar-refractivity contribution is 7.51. The van der Waals surface area contributed by atoms with Crippen LogP contribution < -0.4 is 0 Å². The average Bonchev–Trinajstić information content (AvgIpc) is 2.31. The smallest absolute Gasteiger partial charge is 0.0648 e. The summed E-state index contributed by atoms with van der Waals surface area (Å²) in [5, 5.41) is 0. The second kappa shape index (κ2) is 4.07. The molecular formula is C7H13O2P. The van der Waals surface area contributed by atoms with Gasteiger partial charge in [0.1, 0.15) is 0 Å². The summed E-state index contributed by atoms with van der Waals surface area (Å²) in [7, 11) is -0.680. The number of ether oxygens (including phenoxy) is 1. The summed E-state index contributed by atoms with van der Waals surface area (Å²) in [5.74, 6) is 0. The molecule has 1 aliphatic heterocycles. The molecule has 0 bridgehead atoms. The molecule has 58 valence electrons. The van der Waals surface area contributed by atoms with Crippen molar-refractivity contribution in [1.82, 2.24) is 0 Å². The fourth-order valence-corrected chi connectivity index (χ4v) is 2.58. The Morgan fingerprint density at radius 1 is 1.80 bits per heavy atom. The molecule has 1 saturated heterocycles. The average molecular weight is 160 g/mol. The summed E-state index contributed by atoms with van der Waals surface area (Å²) < 4.78 is 5.36. The van der Waals surface area contributed by atoms with Crippen molar-refractivity contribution in [1.29, 1.82) is 0 Å².